The van der Waals surface area contributed by atoms with Crippen molar-refractivity contribution in [1.82, 2.24) is 0 Å². The van der Waals surface area contributed by atoms with Crippen molar-refractivity contribution in [3.05, 3.63) is 59.7 Å². The Morgan fingerprint density at radius 2 is 1.81 bits per heavy atom. The van der Waals surface area contributed by atoms with Crippen molar-refractivity contribution in [2.24, 2.45) is 0 Å². The van der Waals surface area contributed by atoms with E-state index in [1.165, 1.54) is 19.1 Å². The van der Waals surface area contributed by atoms with Gasteiger partial charge in [-0.15, -0.1) is 0 Å². The summed E-state index contributed by atoms with van der Waals surface area (Å²) in [6.45, 7) is 3.21. The number of carbonyl (C=O) groups is 1. The molecule has 0 aromatic heterocycles. The lowest BCUT2D eigenvalue weighted by Crippen LogP contribution is -2.10. The fraction of sp³-hybridized carbons (Fsp3) is 0.188. The first-order chi connectivity index (χ1) is 9.95. The van der Waals surface area contributed by atoms with Gasteiger partial charge in [0.15, 0.2) is 0 Å². The van der Waals surface area contributed by atoms with Crippen molar-refractivity contribution in [3.63, 3.8) is 0 Å². The number of anilines is 2. The van der Waals surface area contributed by atoms with Crippen LogP contribution in [0.5, 0.6) is 0 Å². The summed E-state index contributed by atoms with van der Waals surface area (Å²) in [5.41, 5.74) is 1.76. The molecule has 0 heterocycles. The zero-order chi connectivity index (χ0) is 15.4. The Hall–Kier alpha value is -2.43. The van der Waals surface area contributed by atoms with Gasteiger partial charge in [0.1, 0.15) is 11.6 Å². The first-order valence-corrected chi connectivity index (χ1v) is 6.55. The second-order valence-electron chi connectivity index (χ2n) is 4.79. The minimum atomic E-state index is -0.601. The number of benzene rings is 2. The van der Waals surface area contributed by atoms with Crippen LogP contribution in [0.2, 0.25) is 0 Å². The minimum Gasteiger partial charge on any atom is -0.378 e. The predicted octanol–water partition coefficient (Wildman–Crippen LogP) is 4.10. The van der Waals surface area contributed by atoms with Gasteiger partial charge in [-0.05, 0) is 31.2 Å². The summed E-state index contributed by atoms with van der Waals surface area (Å²) in [4.78, 5) is 11.0. The second-order valence-corrected chi connectivity index (χ2v) is 4.79. The molecular weight excluding hydrogens is 274 g/mol. The van der Waals surface area contributed by atoms with E-state index in [0.717, 1.165) is 11.8 Å². The quantitative estimate of drug-likeness (QED) is 0.890. The third kappa shape index (κ3) is 4.02. The molecule has 0 aliphatic carbocycles. The second kappa shape index (κ2) is 6.35. The summed E-state index contributed by atoms with van der Waals surface area (Å²) in [7, 11) is 0. The van der Waals surface area contributed by atoms with Gasteiger partial charge in [-0.25, -0.2) is 8.78 Å². The van der Waals surface area contributed by atoms with Crippen LogP contribution in [0, 0.1) is 11.6 Å². The zero-order valence-corrected chi connectivity index (χ0v) is 11.8. The Bertz CT molecular complexity index is 658. The lowest BCUT2D eigenvalue weighted by Gasteiger charge is -2.17. The summed E-state index contributed by atoms with van der Waals surface area (Å²) >= 11 is 0. The fourth-order valence-corrected chi connectivity index (χ4v) is 2.07. The molecule has 0 saturated heterocycles. The highest BCUT2D eigenvalue weighted by Gasteiger charge is 2.11. The van der Waals surface area contributed by atoms with E-state index in [-0.39, 0.29) is 11.9 Å². The molecule has 2 aromatic rings. The number of halogens is 2. The van der Waals surface area contributed by atoms with Crippen molar-refractivity contribution >= 4 is 17.3 Å². The summed E-state index contributed by atoms with van der Waals surface area (Å²) in [5, 5.41) is 5.79. The molecule has 110 valence electrons. The molecule has 0 radical (unpaired) electrons. The van der Waals surface area contributed by atoms with Crippen molar-refractivity contribution < 1.29 is 13.6 Å². The van der Waals surface area contributed by atoms with Gasteiger partial charge in [0.2, 0.25) is 5.91 Å². The summed E-state index contributed by atoms with van der Waals surface area (Å²) in [5.74, 6) is -1.35. The first-order valence-electron chi connectivity index (χ1n) is 6.55. The molecule has 2 aromatic carbocycles. The van der Waals surface area contributed by atoms with Gasteiger partial charge in [0, 0.05) is 29.9 Å². The molecule has 21 heavy (non-hydrogen) atoms. The normalized spacial score (nSPS) is 11.8. The molecule has 0 spiro atoms. The number of rotatable bonds is 4. The molecule has 1 unspecified atom stereocenters. The molecule has 0 saturated carbocycles. The van der Waals surface area contributed by atoms with Gasteiger partial charge in [-0.1, -0.05) is 12.1 Å². The van der Waals surface area contributed by atoms with E-state index in [2.05, 4.69) is 10.6 Å². The van der Waals surface area contributed by atoms with E-state index in [9.17, 15) is 13.6 Å². The molecule has 2 N–H and O–H groups in total. The average Bonchev–Trinajstić information content (AvgIpc) is 2.37. The van der Waals surface area contributed by atoms with Crippen LogP contribution in [0.4, 0.5) is 20.2 Å². The third-order valence-electron chi connectivity index (χ3n) is 3.00. The topological polar surface area (TPSA) is 41.1 Å². The lowest BCUT2D eigenvalue weighted by atomic mass is 10.1. The Kier molecular flexibility index (Phi) is 4.52. The highest BCUT2D eigenvalue weighted by molar-refractivity contribution is 5.89. The molecule has 0 aliphatic heterocycles. The summed E-state index contributed by atoms with van der Waals surface area (Å²) < 4.78 is 26.6. The highest BCUT2D eigenvalue weighted by atomic mass is 19.1. The number of nitrogens with one attached hydrogen (secondary N) is 2. The standard InChI is InChI=1S/C16H16F2N2O/c1-10(15-7-6-12(17)8-16(15)18)19-13-4-3-5-14(9-13)20-11(2)21/h3-10,19H,1-2H3,(H,20,21). The van der Waals surface area contributed by atoms with Crippen LogP contribution in [0.3, 0.4) is 0 Å². The fourth-order valence-electron chi connectivity index (χ4n) is 2.07. The number of carbonyl (C=O) groups excluding carboxylic acids is 1. The van der Waals surface area contributed by atoms with E-state index in [0.29, 0.717) is 11.3 Å². The van der Waals surface area contributed by atoms with Gasteiger partial charge in [-0.2, -0.15) is 0 Å². The van der Waals surface area contributed by atoms with Crippen molar-refractivity contribution in [3.8, 4) is 0 Å². The predicted molar refractivity (Wildman–Crippen MR) is 79.1 cm³/mol. The van der Waals surface area contributed by atoms with Gasteiger partial charge in [0.25, 0.3) is 0 Å². The molecule has 3 nitrogen and oxygen atoms in total. The highest BCUT2D eigenvalue weighted by Crippen LogP contribution is 2.24. The number of amides is 1. The van der Waals surface area contributed by atoms with Crippen molar-refractivity contribution in [2.75, 3.05) is 10.6 Å². The molecule has 1 atom stereocenters. The van der Waals surface area contributed by atoms with Crippen LogP contribution in [-0.2, 0) is 4.79 Å². The van der Waals surface area contributed by atoms with Crippen LogP contribution >= 0.6 is 0 Å². The first kappa shape index (κ1) is 15.0. The monoisotopic (exact) mass is 290 g/mol. The molecule has 5 heteroatoms. The number of hydrogen-bond donors (Lipinski definition) is 2. The van der Waals surface area contributed by atoms with E-state index in [1.54, 1.807) is 25.1 Å². The molecule has 0 fully saturated rings. The minimum absolute atomic E-state index is 0.162. The van der Waals surface area contributed by atoms with E-state index in [1.807, 2.05) is 6.07 Å². The molecule has 0 bridgehead atoms. The van der Waals surface area contributed by atoms with E-state index in [4.69, 9.17) is 0 Å². The van der Waals surface area contributed by atoms with Gasteiger partial charge in [-0.3, -0.25) is 4.79 Å². The maximum Gasteiger partial charge on any atom is 0.221 e. The molecular formula is C16H16F2N2O. The molecule has 2 rings (SSSR count). The smallest absolute Gasteiger partial charge is 0.221 e. The summed E-state index contributed by atoms with van der Waals surface area (Å²) in [6, 6.07) is 10.3. The van der Waals surface area contributed by atoms with Gasteiger partial charge < -0.3 is 10.6 Å². The molecule has 1 amide bonds. The van der Waals surface area contributed by atoms with Crippen LogP contribution in [0.25, 0.3) is 0 Å². The SMILES string of the molecule is CC(=O)Nc1cccc(NC(C)c2ccc(F)cc2F)c1. The maximum absolute atomic E-state index is 13.7. The van der Waals surface area contributed by atoms with Crippen LogP contribution in [0.1, 0.15) is 25.5 Å². The van der Waals surface area contributed by atoms with E-state index >= 15 is 0 Å². The van der Waals surface area contributed by atoms with E-state index < -0.39 is 11.6 Å². The van der Waals surface area contributed by atoms with Gasteiger partial charge in [0.05, 0.1) is 6.04 Å². The van der Waals surface area contributed by atoms with Crippen LogP contribution < -0.4 is 10.6 Å². The van der Waals surface area contributed by atoms with Gasteiger partial charge >= 0.3 is 0 Å². The van der Waals surface area contributed by atoms with Crippen LogP contribution in [0.15, 0.2) is 42.5 Å². The third-order valence-corrected chi connectivity index (χ3v) is 3.00. The Morgan fingerprint density at radius 1 is 1.10 bits per heavy atom. The molecule has 0 aliphatic rings. The number of hydrogen-bond acceptors (Lipinski definition) is 2. The Labute approximate surface area is 122 Å². The summed E-state index contributed by atoms with van der Waals surface area (Å²) in [6.07, 6.45) is 0. The maximum atomic E-state index is 13.7. The largest absolute Gasteiger partial charge is 0.378 e. The zero-order valence-electron chi connectivity index (χ0n) is 11.8. The Balaban J connectivity index is 2.15. The van der Waals surface area contributed by atoms with Crippen LogP contribution in [-0.4, -0.2) is 5.91 Å². The average molecular weight is 290 g/mol. The van der Waals surface area contributed by atoms with Crippen molar-refractivity contribution in [1.29, 1.82) is 0 Å². The Morgan fingerprint density at radius 3 is 2.48 bits per heavy atom. The van der Waals surface area contributed by atoms with Crippen molar-refractivity contribution in [2.45, 2.75) is 19.9 Å². The lowest BCUT2D eigenvalue weighted by molar-refractivity contribution is -0.114.